The highest BCUT2D eigenvalue weighted by atomic mass is 16.2. The van der Waals surface area contributed by atoms with E-state index in [4.69, 9.17) is 0 Å². The van der Waals surface area contributed by atoms with Crippen LogP contribution in [0, 0.1) is 11.3 Å². The van der Waals surface area contributed by atoms with E-state index in [-0.39, 0.29) is 0 Å². The molecule has 2 aliphatic rings. The van der Waals surface area contributed by atoms with Crippen molar-refractivity contribution in [2.75, 3.05) is 13.1 Å². The average molecular weight is 332 g/mol. The predicted octanol–water partition coefficient (Wildman–Crippen LogP) is 3.39. The second-order valence-electron chi connectivity index (χ2n) is 8.51. The van der Waals surface area contributed by atoms with E-state index in [1.54, 1.807) is 0 Å². The van der Waals surface area contributed by atoms with Gasteiger partial charge in [-0.1, -0.05) is 27.7 Å². The van der Waals surface area contributed by atoms with Crippen LogP contribution in [0.1, 0.15) is 77.4 Å². The molecule has 1 amide bonds. The van der Waals surface area contributed by atoms with Crippen LogP contribution in [-0.2, 0) is 17.8 Å². The van der Waals surface area contributed by atoms with E-state index < -0.39 is 0 Å². The van der Waals surface area contributed by atoms with Crippen LogP contribution in [0.4, 0.5) is 0 Å². The number of piperidine rings is 1. The average Bonchev–Trinajstić information content (AvgIpc) is 2.87. The summed E-state index contributed by atoms with van der Waals surface area (Å²) in [5.41, 5.74) is 0.392. The third-order valence-corrected chi connectivity index (χ3v) is 5.88. The first-order valence-corrected chi connectivity index (χ1v) is 9.60. The van der Waals surface area contributed by atoms with Crippen LogP contribution < -0.4 is 0 Å². The van der Waals surface area contributed by atoms with Gasteiger partial charge in [0.1, 0.15) is 11.6 Å². The lowest BCUT2D eigenvalue weighted by atomic mass is 9.72. The van der Waals surface area contributed by atoms with Crippen LogP contribution in [0.2, 0.25) is 0 Å². The number of carbonyl (C=O) groups excluding carboxylic acids is 1. The quantitative estimate of drug-likeness (QED) is 0.852. The van der Waals surface area contributed by atoms with Gasteiger partial charge >= 0.3 is 0 Å². The standard InChI is InChI=1S/C19H32N4O/c1-14(2)13-17(24)22-10-7-19(8-11-22)6-5-16-20-21-18(15(3)4)23(16)12-9-19/h14-15H,5-13H2,1-4H3. The Morgan fingerprint density at radius 2 is 1.71 bits per heavy atom. The summed E-state index contributed by atoms with van der Waals surface area (Å²) in [6.07, 6.45) is 6.39. The molecule has 5 heteroatoms. The molecular weight excluding hydrogens is 300 g/mol. The Morgan fingerprint density at radius 3 is 2.33 bits per heavy atom. The Morgan fingerprint density at radius 1 is 1.04 bits per heavy atom. The maximum atomic E-state index is 12.3. The Kier molecular flexibility index (Phi) is 4.97. The van der Waals surface area contributed by atoms with Gasteiger partial charge in [-0.15, -0.1) is 10.2 Å². The Balaban J connectivity index is 1.63. The highest BCUT2D eigenvalue weighted by Crippen LogP contribution is 2.42. The zero-order valence-electron chi connectivity index (χ0n) is 15.7. The van der Waals surface area contributed by atoms with E-state index in [0.29, 0.717) is 29.6 Å². The summed E-state index contributed by atoms with van der Waals surface area (Å²) in [7, 11) is 0. The van der Waals surface area contributed by atoms with Gasteiger partial charge in [0.05, 0.1) is 0 Å². The molecule has 0 aliphatic carbocycles. The van der Waals surface area contributed by atoms with Gasteiger partial charge in [0.15, 0.2) is 0 Å². The summed E-state index contributed by atoms with van der Waals surface area (Å²) in [6, 6.07) is 0. The first-order chi connectivity index (χ1) is 11.4. The smallest absolute Gasteiger partial charge is 0.222 e. The third-order valence-electron chi connectivity index (χ3n) is 5.88. The first-order valence-electron chi connectivity index (χ1n) is 9.60. The van der Waals surface area contributed by atoms with Crippen LogP contribution in [0.5, 0.6) is 0 Å². The van der Waals surface area contributed by atoms with Crippen molar-refractivity contribution in [2.24, 2.45) is 11.3 Å². The van der Waals surface area contributed by atoms with Crippen molar-refractivity contribution >= 4 is 5.91 Å². The summed E-state index contributed by atoms with van der Waals surface area (Å²) in [5.74, 6) is 3.51. The molecule has 0 bridgehead atoms. The number of hydrogen-bond acceptors (Lipinski definition) is 3. The zero-order chi connectivity index (χ0) is 17.3. The summed E-state index contributed by atoms with van der Waals surface area (Å²) in [4.78, 5) is 14.4. The Bertz CT molecular complexity index is 582. The SMILES string of the molecule is CC(C)CC(=O)N1CCC2(CCc3nnc(C(C)C)n3CC2)CC1. The van der Waals surface area contributed by atoms with Crippen molar-refractivity contribution in [2.45, 2.75) is 78.7 Å². The molecule has 0 atom stereocenters. The molecule has 1 aromatic heterocycles. The van der Waals surface area contributed by atoms with Crippen molar-refractivity contribution in [3.05, 3.63) is 11.6 Å². The maximum Gasteiger partial charge on any atom is 0.222 e. The van der Waals surface area contributed by atoms with E-state index in [1.165, 1.54) is 12.8 Å². The van der Waals surface area contributed by atoms with Crippen molar-refractivity contribution in [3.8, 4) is 0 Å². The second-order valence-corrected chi connectivity index (χ2v) is 8.51. The van der Waals surface area contributed by atoms with E-state index in [0.717, 1.165) is 50.5 Å². The van der Waals surface area contributed by atoms with Gasteiger partial charge < -0.3 is 9.47 Å². The highest BCUT2D eigenvalue weighted by Gasteiger charge is 2.37. The van der Waals surface area contributed by atoms with Crippen molar-refractivity contribution in [3.63, 3.8) is 0 Å². The van der Waals surface area contributed by atoms with Crippen molar-refractivity contribution in [1.82, 2.24) is 19.7 Å². The number of carbonyl (C=O) groups is 1. The number of hydrogen-bond donors (Lipinski definition) is 0. The van der Waals surface area contributed by atoms with Gasteiger partial charge in [0.25, 0.3) is 0 Å². The number of nitrogens with zero attached hydrogens (tertiary/aromatic N) is 4. The molecule has 0 saturated carbocycles. The molecule has 0 N–H and O–H groups in total. The van der Waals surface area contributed by atoms with Gasteiger partial charge in [-0.2, -0.15) is 0 Å². The number of aryl methyl sites for hydroxylation is 1. The zero-order valence-corrected chi connectivity index (χ0v) is 15.7. The third kappa shape index (κ3) is 3.50. The Labute approximate surface area is 145 Å². The monoisotopic (exact) mass is 332 g/mol. The first kappa shape index (κ1) is 17.4. The predicted molar refractivity (Wildman–Crippen MR) is 94.8 cm³/mol. The number of fused-ring (bicyclic) bond motifs is 1. The normalized spacial score (nSPS) is 20.5. The lowest BCUT2D eigenvalue weighted by molar-refractivity contribution is -0.134. The molecular formula is C19H32N4O. The molecule has 1 saturated heterocycles. The summed E-state index contributed by atoms with van der Waals surface area (Å²) in [6.45, 7) is 11.5. The minimum atomic E-state index is 0.340. The molecule has 1 spiro atoms. The molecule has 3 rings (SSSR count). The molecule has 2 aliphatic heterocycles. The van der Waals surface area contributed by atoms with Crippen molar-refractivity contribution < 1.29 is 4.79 Å². The number of aromatic nitrogens is 3. The molecule has 1 fully saturated rings. The molecule has 1 aromatic rings. The fourth-order valence-corrected chi connectivity index (χ4v) is 4.26. The largest absolute Gasteiger partial charge is 0.343 e. The van der Waals surface area contributed by atoms with Crippen LogP contribution in [-0.4, -0.2) is 38.7 Å². The molecule has 3 heterocycles. The van der Waals surface area contributed by atoms with Gasteiger partial charge in [0, 0.05) is 38.4 Å². The van der Waals surface area contributed by atoms with Gasteiger partial charge in [0.2, 0.25) is 5.91 Å². The summed E-state index contributed by atoms with van der Waals surface area (Å²) in [5, 5.41) is 8.84. The second kappa shape index (κ2) is 6.85. The minimum Gasteiger partial charge on any atom is -0.343 e. The fraction of sp³-hybridized carbons (Fsp3) is 0.842. The molecule has 134 valence electrons. The molecule has 24 heavy (non-hydrogen) atoms. The lowest BCUT2D eigenvalue weighted by Crippen LogP contribution is -2.43. The molecule has 0 unspecified atom stereocenters. The van der Waals surface area contributed by atoms with Crippen LogP contribution in [0.3, 0.4) is 0 Å². The van der Waals surface area contributed by atoms with Gasteiger partial charge in [-0.3, -0.25) is 4.79 Å². The molecule has 0 aromatic carbocycles. The van der Waals surface area contributed by atoms with Gasteiger partial charge in [-0.05, 0) is 37.0 Å². The number of likely N-dealkylation sites (tertiary alicyclic amines) is 1. The minimum absolute atomic E-state index is 0.340. The van der Waals surface area contributed by atoms with E-state index in [9.17, 15) is 4.79 Å². The van der Waals surface area contributed by atoms with Crippen LogP contribution in [0.15, 0.2) is 0 Å². The summed E-state index contributed by atoms with van der Waals surface area (Å²) < 4.78 is 2.36. The molecule has 5 nitrogen and oxygen atoms in total. The number of rotatable bonds is 3. The van der Waals surface area contributed by atoms with Crippen LogP contribution >= 0.6 is 0 Å². The topological polar surface area (TPSA) is 51.0 Å². The van der Waals surface area contributed by atoms with E-state index in [2.05, 4.69) is 47.4 Å². The van der Waals surface area contributed by atoms with E-state index >= 15 is 0 Å². The maximum absolute atomic E-state index is 12.3. The van der Waals surface area contributed by atoms with Crippen LogP contribution in [0.25, 0.3) is 0 Å². The molecule has 0 radical (unpaired) electrons. The Hall–Kier alpha value is -1.39. The van der Waals surface area contributed by atoms with E-state index in [1.807, 2.05) is 0 Å². The summed E-state index contributed by atoms with van der Waals surface area (Å²) >= 11 is 0. The lowest BCUT2D eigenvalue weighted by Gasteiger charge is -2.41. The van der Waals surface area contributed by atoms with Crippen molar-refractivity contribution in [1.29, 1.82) is 0 Å². The highest BCUT2D eigenvalue weighted by molar-refractivity contribution is 5.76. The number of amides is 1. The fourth-order valence-electron chi connectivity index (χ4n) is 4.26. The van der Waals surface area contributed by atoms with Gasteiger partial charge in [-0.25, -0.2) is 0 Å².